The highest BCUT2D eigenvalue weighted by atomic mass is 28.3. The number of hydrogen-bond donors (Lipinski definition) is 0. The van der Waals surface area contributed by atoms with E-state index < -0.39 is 8.07 Å². The minimum Gasteiger partial charge on any atom is -0.381 e. The lowest BCUT2D eigenvalue weighted by atomic mass is 10.4. The molecule has 0 saturated carbocycles. The van der Waals surface area contributed by atoms with E-state index in [2.05, 4.69) is 25.2 Å². The minimum absolute atomic E-state index is 1.00. The second kappa shape index (κ2) is 5.40. The zero-order valence-corrected chi connectivity index (χ0v) is 8.81. The summed E-state index contributed by atoms with van der Waals surface area (Å²) in [4.78, 5) is 0. The van der Waals surface area contributed by atoms with Crippen LogP contribution in [-0.2, 0) is 4.74 Å². The molecule has 1 saturated heterocycles. The Labute approximate surface area is 71.2 Å². The molecular formula is C9H18OSi. The van der Waals surface area contributed by atoms with Crippen molar-refractivity contribution < 1.29 is 4.74 Å². The molecule has 0 atom stereocenters. The summed E-state index contributed by atoms with van der Waals surface area (Å²) < 4.78 is 4.94. The smallest absolute Gasteiger partial charge is 0.128 e. The first-order chi connectivity index (χ1) is 5.06. The van der Waals surface area contributed by atoms with Gasteiger partial charge in [-0.15, -0.1) is 12.0 Å². The highest BCUT2D eigenvalue weighted by Gasteiger charge is 2.05. The van der Waals surface area contributed by atoms with Crippen molar-refractivity contribution >= 4 is 8.07 Å². The zero-order chi connectivity index (χ0) is 8.74. The SMILES string of the molecule is C#C[Si](C)(C)C.C1CCOC1. The Morgan fingerprint density at radius 1 is 1.18 bits per heavy atom. The number of terminal acetylenes is 1. The fourth-order valence-corrected chi connectivity index (χ4v) is 0.510. The Morgan fingerprint density at radius 2 is 1.55 bits per heavy atom. The van der Waals surface area contributed by atoms with Crippen molar-refractivity contribution in [1.29, 1.82) is 0 Å². The van der Waals surface area contributed by atoms with Crippen LogP contribution in [0.1, 0.15) is 12.8 Å². The molecule has 0 amide bonds. The predicted octanol–water partition coefficient (Wildman–Crippen LogP) is 2.29. The Balaban J connectivity index is 0.000000183. The van der Waals surface area contributed by atoms with Gasteiger partial charge >= 0.3 is 0 Å². The molecule has 0 N–H and O–H groups in total. The first-order valence-corrected chi connectivity index (χ1v) is 7.62. The van der Waals surface area contributed by atoms with Gasteiger partial charge in [-0.1, -0.05) is 19.6 Å². The van der Waals surface area contributed by atoms with E-state index in [1.54, 1.807) is 0 Å². The Hall–Kier alpha value is -0.263. The van der Waals surface area contributed by atoms with Gasteiger partial charge in [-0.2, -0.15) is 0 Å². The summed E-state index contributed by atoms with van der Waals surface area (Å²) in [5, 5.41) is 0. The van der Waals surface area contributed by atoms with Crippen molar-refractivity contribution in [2.75, 3.05) is 13.2 Å². The van der Waals surface area contributed by atoms with Crippen molar-refractivity contribution in [3.05, 3.63) is 0 Å². The van der Waals surface area contributed by atoms with E-state index in [0.29, 0.717) is 0 Å². The molecule has 1 heterocycles. The van der Waals surface area contributed by atoms with Crippen LogP contribution in [0.25, 0.3) is 0 Å². The van der Waals surface area contributed by atoms with E-state index in [0.717, 1.165) is 13.2 Å². The monoisotopic (exact) mass is 170 g/mol. The van der Waals surface area contributed by atoms with Gasteiger partial charge in [-0.25, -0.2) is 0 Å². The molecule has 1 rings (SSSR count). The summed E-state index contributed by atoms with van der Waals surface area (Å²) in [6.07, 6.45) is 7.67. The van der Waals surface area contributed by atoms with Crippen LogP contribution in [0.15, 0.2) is 0 Å². The minimum atomic E-state index is -1.10. The molecule has 0 aromatic heterocycles. The van der Waals surface area contributed by atoms with E-state index in [-0.39, 0.29) is 0 Å². The topological polar surface area (TPSA) is 9.23 Å². The second-order valence-corrected chi connectivity index (χ2v) is 8.50. The van der Waals surface area contributed by atoms with Gasteiger partial charge in [0, 0.05) is 13.2 Å². The van der Waals surface area contributed by atoms with Crippen molar-refractivity contribution in [2.24, 2.45) is 0 Å². The zero-order valence-electron chi connectivity index (χ0n) is 7.81. The number of hydrogen-bond acceptors (Lipinski definition) is 1. The van der Waals surface area contributed by atoms with Gasteiger partial charge in [0.05, 0.1) is 0 Å². The van der Waals surface area contributed by atoms with Gasteiger partial charge in [-0.05, 0) is 12.8 Å². The van der Waals surface area contributed by atoms with Crippen LogP contribution in [0.2, 0.25) is 19.6 Å². The third-order valence-corrected chi connectivity index (χ3v) is 2.13. The summed E-state index contributed by atoms with van der Waals surface area (Å²) in [6, 6.07) is 0. The lowest BCUT2D eigenvalue weighted by Crippen LogP contribution is -2.15. The van der Waals surface area contributed by atoms with Gasteiger partial charge in [0.2, 0.25) is 0 Å². The lowest BCUT2D eigenvalue weighted by Gasteiger charge is -2.00. The lowest BCUT2D eigenvalue weighted by molar-refractivity contribution is 0.198. The first kappa shape index (κ1) is 10.7. The maximum atomic E-state index is 5.12. The summed E-state index contributed by atoms with van der Waals surface area (Å²) in [7, 11) is -1.10. The van der Waals surface area contributed by atoms with Crippen LogP contribution in [-0.4, -0.2) is 21.3 Å². The summed E-state index contributed by atoms with van der Waals surface area (Å²) in [6.45, 7) is 8.44. The molecule has 0 aromatic carbocycles. The van der Waals surface area contributed by atoms with Crippen LogP contribution in [0.5, 0.6) is 0 Å². The van der Waals surface area contributed by atoms with Crippen molar-refractivity contribution in [2.45, 2.75) is 32.5 Å². The molecule has 1 aliphatic rings. The number of rotatable bonds is 0. The van der Waals surface area contributed by atoms with Crippen molar-refractivity contribution in [3.8, 4) is 12.0 Å². The molecule has 0 radical (unpaired) electrons. The molecule has 0 bridgehead atoms. The molecule has 2 heteroatoms. The molecule has 1 fully saturated rings. The van der Waals surface area contributed by atoms with E-state index in [1.165, 1.54) is 12.8 Å². The number of ether oxygens (including phenoxy) is 1. The van der Waals surface area contributed by atoms with Crippen molar-refractivity contribution in [1.82, 2.24) is 0 Å². The molecular weight excluding hydrogens is 152 g/mol. The average Bonchev–Trinajstić information content (AvgIpc) is 2.41. The molecule has 1 aliphatic heterocycles. The highest BCUT2D eigenvalue weighted by Crippen LogP contribution is 1.98. The summed E-state index contributed by atoms with van der Waals surface area (Å²) in [5.41, 5.74) is 2.74. The van der Waals surface area contributed by atoms with Gasteiger partial charge in [0.1, 0.15) is 8.07 Å². The Kier molecular flexibility index (Phi) is 5.27. The average molecular weight is 170 g/mol. The largest absolute Gasteiger partial charge is 0.381 e. The van der Waals surface area contributed by atoms with Crippen LogP contribution in [0.3, 0.4) is 0 Å². The van der Waals surface area contributed by atoms with Gasteiger partial charge in [0.15, 0.2) is 0 Å². The maximum Gasteiger partial charge on any atom is 0.128 e. The molecule has 0 unspecified atom stereocenters. The van der Waals surface area contributed by atoms with E-state index in [1.807, 2.05) is 0 Å². The third kappa shape index (κ3) is 9.74. The summed E-state index contributed by atoms with van der Waals surface area (Å²) in [5.74, 6) is 0. The third-order valence-electron chi connectivity index (χ3n) is 1.26. The Morgan fingerprint density at radius 3 is 1.64 bits per heavy atom. The van der Waals surface area contributed by atoms with Crippen molar-refractivity contribution in [3.63, 3.8) is 0 Å². The highest BCUT2D eigenvalue weighted by molar-refractivity contribution is 6.83. The Bertz CT molecular complexity index is 118. The predicted molar refractivity (Wildman–Crippen MR) is 52.2 cm³/mol. The fourth-order valence-electron chi connectivity index (χ4n) is 0.510. The van der Waals surface area contributed by atoms with Gasteiger partial charge in [0.25, 0.3) is 0 Å². The van der Waals surface area contributed by atoms with Crippen LogP contribution < -0.4 is 0 Å². The van der Waals surface area contributed by atoms with Crippen LogP contribution in [0.4, 0.5) is 0 Å². The standard InChI is InChI=1S/C5H10Si.C4H8O/c1-5-6(2,3)4;1-2-4-5-3-1/h1H,2-4H3;1-4H2. The first-order valence-electron chi connectivity index (χ1n) is 4.12. The molecule has 0 aromatic rings. The van der Waals surface area contributed by atoms with Crippen LogP contribution in [0, 0.1) is 12.0 Å². The molecule has 64 valence electrons. The van der Waals surface area contributed by atoms with Crippen LogP contribution >= 0.6 is 0 Å². The maximum absolute atomic E-state index is 5.12. The molecule has 1 nitrogen and oxygen atoms in total. The van der Waals surface area contributed by atoms with E-state index in [4.69, 9.17) is 11.2 Å². The molecule has 11 heavy (non-hydrogen) atoms. The van der Waals surface area contributed by atoms with E-state index >= 15 is 0 Å². The van der Waals surface area contributed by atoms with E-state index in [9.17, 15) is 0 Å². The van der Waals surface area contributed by atoms with Gasteiger partial charge < -0.3 is 4.74 Å². The quantitative estimate of drug-likeness (QED) is 0.400. The fraction of sp³-hybridized carbons (Fsp3) is 0.778. The summed E-state index contributed by atoms with van der Waals surface area (Å²) >= 11 is 0. The van der Waals surface area contributed by atoms with Gasteiger partial charge in [-0.3, -0.25) is 0 Å². The molecule has 0 aliphatic carbocycles. The second-order valence-electron chi connectivity index (χ2n) is 3.71. The molecule has 0 spiro atoms. The normalized spacial score (nSPS) is 16.5.